The molecule has 0 amide bonds. The average Bonchev–Trinajstić information content (AvgIpc) is 2.95. The number of para-hydroxylation sites is 1. The van der Waals surface area contributed by atoms with Gasteiger partial charge in [-0.15, -0.1) is 0 Å². The van der Waals surface area contributed by atoms with Crippen LogP contribution in [0.4, 0.5) is 0 Å². The summed E-state index contributed by atoms with van der Waals surface area (Å²) in [5, 5.41) is 5.09. The Morgan fingerprint density at radius 3 is 2.54 bits per heavy atom. The van der Waals surface area contributed by atoms with Crippen molar-refractivity contribution in [1.29, 1.82) is 0 Å². The van der Waals surface area contributed by atoms with E-state index in [-0.39, 0.29) is 18.1 Å². The van der Waals surface area contributed by atoms with Crippen LogP contribution in [-0.4, -0.2) is 49.3 Å². The number of hydrogen-bond donors (Lipinski definition) is 0. The number of aromatic nitrogens is 2. The van der Waals surface area contributed by atoms with Crippen molar-refractivity contribution in [2.45, 2.75) is 33.6 Å². The van der Waals surface area contributed by atoms with E-state index in [9.17, 15) is 9.59 Å². The molecule has 41 heavy (non-hydrogen) atoms. The normalized spacial score (nSPS) is 11.3. The summed E-state index contributed by atoms with van der Waals surface area (Å²) in [7, 11) is 2.95. The average molecular weight is 670 g/mol. The number of benzene rings is 3. The number of fused-ring (bicyclic) bond motifs is 1. The summed E-state index contributed by atoms with van der Waals surface area (Å²) in [6, 6.07) is 14.8. The smallest absolute Gasteiger partial charge is 0.343 e. The van der Waals surface area contributed by atoms with E-state index >= 15 is 0 Å². The predicted molar refractivity (Wildman–Crippen MR) is 168 cm³/mol. The van der Waals surface area contributed by atoms with Crippen LogP contribution in [0.15, 0.2) is 58.4 Å². The van der Waals surface area contributed by atoms with Crippen LogP contribution in [0.5, 0.6) is 17.2 Å². The maximum atomic E-state index is 13.8. The maximum absolute atomic E-state index is 13.8. The molecule has 0 aliphatic heterocycles. The highest BCUT2D eigenvalue weighted by molar-refractivity contribution is 14.1. The molecular formula is C31H32IN3O6. The first-order chi connectivity index (χ1) is 19.7. The van der Waals surface area contributed by atoms with Crippen molar-refractivity contribution in [2.75, 3.05) is 27.4 Å². The van der Waals surface area contributed by atoms with Crippen molar-refractivity contribution in [3.8, 4) is 28.6 Å². The third-order valence-electron chi connectivity index (χ3n) is 6.41. The summed E-state index contributed by atoms with van der Waals surface area (Å²) in [5.74, 6) is 1.76. The van der Waals surface area contributed by atoms with Crippen molar-refractivity contribution in [2.24, 2.45) is 5.10 Å². The molecule has 4 aromatic rings. The summed E-state index contributed by atoms with van der Waals surface area (Å²) in [6.07, 6.45) is 1.58. The first-order valence-electron chi connectivity index (χ1n) is 13.1. The Labute approximate surface area is 252 Å². The molecule has 0 aliphatic rings. The number of rotatable bonds is 10. The van der Waals surface area contributed by atoms with Gasteiger partial charge in [0.2, 0.25) is 0 Å². The van der Waals surface area contributed by atoms with E-state index in [1.54, 1.807) is 31.5 Å². The molecule has 4 rings (SSSR count). The number of nitrogens with zero attached hydrogens (tertiary/aromatic N) is 3. The lowest BCUT2D eigenvalue weighted by Crippen LogP contribution is -2.21. The first kappa shape index (κ1) is 30.0. The molecule has 10 heteroatoms. The van der Waals surface area contributed by atoms with Gasteiger partial charge in [0, 0.05) is 5.56 Å². The molecule has 0 unspecified atom stereocenters. The van der Waals surface area contributed by atoms with Crippen molar-refractivity contribution < 1.29 is 23.7 Å². The van der Waals surface area contributed by atoms with E-state index in [0.717, 1.165) is 22.4 Å². The lowest BCUT2D eigenvalue weighted by Gasteiger charge is -2.17. The zero-order valence-electron chi connectivity index (χ0n) is 23.9. The Hall–Kier alpha value is -3.93. The molecule has 0 saturated carbocycles. The summed E-state index contributed by atoms with van der Waals surface area (Å²) >= 11 is 2.11. The number of aryl methyl sites for hydroxylation is 1. The number of esters is 1. The van der Waals surface area contributed by atoms with Gasteiger partial charge in [-0.3, -0.25) is 4.79 Å². The zero-order valence-corrected chi connectivity index (χ0v) is 26.0. The second-order valence-corrected chi connectivity index (χ2v) is 10.7. The molecule has 0 spiro atoms. The van der Waals surface area contributed by atoms with E-state index in [1.165, 1.54) is 11.8 Å². The highest BCUT2D eigenvalue weighted by Gasteiger charge is 2.19. The predicted octanol–water partition coefficient (Wildman–Crippen LogP) is 5.94. The Morgan fingerprint density at radius 2 is 1.85 bits per heavy atom. The van der Waals surface area contributed by atoms with Gasteiger partial charge in [-0.25, -0.2) is 9.78 Å². The second kappa shape index (κ2) is 13.2. The monoisotopic (exact) mass is 669 g/mol. The van der Waals surface area contributed by atoms with Gasteiger partial charge in [0.1, 0.15) is 5.75 Å². The van der Waals surface area contributed by atoms with Gasteiger partial charge < -0.3 is 18.9 Å². The molecule has 214 valence electrons. The molecule has 0 bridgehead atoms. The molecule has 9 nitrogen and oxygen atoms in total. The number of carbonyl (C=O) groups excluding carboxylic acids is 1. The lowest BCUT2D eigenvalue weighted by atomic mass is 9.96. The van der Waals surface area contributed by atoms with E-state index in [2.05, 4.69) is 46.3 Å². The fraction of sp³-hybridized carbons (Fsp3) is 0.290. The van der Waals surface area contributed by atoms with Crippen molar-refractivity contribution in [3.05, 3.63) is 79.1 Å². The van der Waals surface area contributed by atoms with Crippen LogP contribution < -0.4 is 19.8 Å². The topological polar surface area (TPSA) is 101 Å². The van der Waals surface area contributed by atoms with Gasteiger partial charge in [-0.1, -0.05) is 26.0 Å². The lowest BCUT2D eigenvalue weighted by molar-refractivity contribution is -0.142. The van der Waals surface area contributed by atoms with Crippen LogP contribution >= 0.6 is 22.6 Å². The molecule has 0 radical (unpaired) electrons. The minimum atomic E-state index is -0.501. The number of carbonyl (C=O) groups is 1. The van der Waals surface area contributed by atoms with Crippen LogP contribution in [-0.2, 0) is 9.53 Å². The van der Waals surface area contributed by atoms with E-state index in [0.29, 0.717) is 44.0 Å². The highest BCUT2D eigenvalue weighted by Crippen LogP contribution is 2.35. The standard InChI is InChI=1S/C31H32IN3O6/c1-7-40-27-14-20(13-24(32)29(27)41-17-28(36)39-6)16-33-35-30(34-25-11-9-8-10-21(25)31(35)37)23-15-22(18(2)3)26(38-5)12-19(23)4/h8-16,18H,7,17H2,1-6H3. The van der Waals surface area contributed by atoms with Crippen molar-refractivity contribution in [3.63, 3.8) is 0 Å². The van der Waals surface area contributed by atoms with Crippen LogP contribution in [0.2, 0.25) is 0 Å². The quantitative estimate of drug-likeness (QED) is 0.117. The summed E-state index contributed by atoms with van der Waals surface area (Å²) in [5.41, 5.74) is 3.65. The number of methoxy groups -OCH3 is 2. The first-order valence-corrected chi connectivity index (χ1v) is 14.2. The van der Waals surface area contributed by atoms with Gasteiger partial charge >= 0.3 is 5.97 Å². The minimum absolute atomic E-state index is 0.187. The molecule has 0 atom stereocenters. The summed E-state index contributed by atoms with van der Waals surface area (Å²) in [6.45, 7) is 8.13. The Kier molecular flexibility index (Phi) is 9.64. The maximum Gasteiger partial charge on any atom is 0.343 e. The van der Waals surface area contributed by atoms with Gasteiger partial charge in [0.25, 0.3) is 5.56 Å². The SMILES string of the molecule is CCOc1cc(C=Nn2c(-c3cc(C(C)C)c(OC)cc3C)nc3ccccc3c2=O)cc(I)c1OCC(=O)OC. The Bertz CT molecular complexity index is 1680. The number of halogens is 1. The largest absolute Gasteiger partial charge is 0.496 e. The summed E-state index contributed by atoms with van der Waals surface area (Å²) < 4.78 is 23.8. The molecule has 0 saturated heterocycles. The van der Waals surface area contributed by atoms with Gasteiger partial charge in [0.05, 0.1) is 41.5 Å². The Balaban J connectivity index is 1.88. The van der Waals surface area contributed by atoms with Gasteiger partial charge in [0.15, 0.2) is 23.9 Å². The minimum Gasteiger partial charge on any atom is -0.496 e. The molecule has 1 aromatic heterocycles. The Morgan fingerprint density at radius 1 is 1.10 bits per heavy atom. The molecule has 0 aliphatic carbocycles. The van der Waals surface area contributed by atoms with Crippen LogP contribution in [0.1, 0.15) is 43.4 Å². The van der Waals surface area contributed by atoms with Crippen LogP contribution in [0, 0.1) is 10.5 Å². The highest BCUT2D eigenvalue weighted by atomic mass is 127. The number of hydrogen-bond acceptors (Lipinski definition) is 8. The van der Waals surface area contributed by atoms with Crippen LogP contribution in [0.3, 0.4) is 0 Å². The molecule has 0 N–H and O–H groups in total. The van der Waals surface area contributed by atoms with Crippen molar-refractivity contribution in [1.82, 2.24) is 9.66 Å². The van der Waals surface area contributed by atoms with Crippen molar-refractivity contribution >= 4 is 45.7 Å². The molecular weight excluding hydrogens is 637 g/mol. The molecule has 3 aromatic carbocycles. The second-order valence-electron chi connectivity index (χ2n) is 9.51. The fourth-order valence-electron chi connectivity index (χ4n) is 4.35. The third kappa shape index (κ3) is 6.53. The summed E-state index contributed by atoms with van der Waals surface area (Å²) in [4.78, 5) is 30.3. The molecule has 0 fully saturated rings. The van der Waals surface area contributed by atoms with E-state index < -0.39 is 5.97 Å². The fourth-order valence-corrected chi connectivity index (χ4v) is 5.13. The van der Waals surface area contributed by atoms with E-state index in [1.807, 2.05) is 44.2 Å². The van der Waals surface area contributed by atoms with Crippen LogP contribution in [0.25, 0.3) is 22.3 Å². The molecule has 1 heterocycles. The zero-order chi connectivity index (χ0) is 29.7. The van der Waals surface area contributed by atoms with E-state index in [4.69, 9.17) is 19.2 Å². The van der Waals surface area contributed by atoms with Gasteiger partial charge in [-0.05, 0) is 95.4 Å². The number of ether oxygens (including phenoxy) is 4. The van der Waals surface area contributed by atoms with Gasteiger partial charge in [-0.2, -0.15) is 9.78 Å². The third-order valence-corrected chi connectivity index (χ3v) is 7.21.